The fourth-order valence-electron chi connectivity index (χ4n) is 1.90. The van der Waals surface area contributed by atoms with Gasteiger partial charge in [0.1, 0.15) is 5.41 Å². The number of thiazole rings is 1. The molecule has 0 aliphatic carbocycles. The SMILES string of the molecule is COC1CCN(c2nc(C(C)(C)C(=O)O)cs2)C1. The lowest BCUT2D eigenvalue weighted by Gasteiger charge is -2.17. The Bertz CT molecular complexity index is 444. The highest BCUT2D eigenvalue weighted by Crippen LogP contribution is 2.31. The molecule has 1 unspecified atom stereocenters. The van der Waals surface area contributed by atoms with Crippen molar-refractivity contribution < 1.29 is 14.6 Å². The Hall–Kier alpha value is -1.14. The summed E-state index contributed by atoms with van der Waals surface area (Å²) >= 11 is 1.50. The molecule has 0 aromatic carbocycles. The first-order chi connectivity index (χ1) is 8.45. The first kappa shape index (κ1) is 13.3. The molecule has 1 aromatic heterocycles. The van der Waals surface area contributed by atoms with E-state index in [1.807, 2.05) is 5.38 Å². The topological polar surface area (TPSA) is 62.7 Å². The summed E-state index contributed by atoms with van der Waals surface area (Å²) in [6.45, 7) is 5.10. The van der Waals surface area contributed by atoms with Gasteiger partial charge in [0, 0.05) is 25.6 Å². The minimum absolute atomic E-state index is 0.254. The van der Waals surface area contributed by atoms with Crippen molar-refractivity contribution >= 4 is 22.4 Å². The number of ether oxygens (including phenoxy) is 1. The van der Waals surface area contributed by atoms with Crippen molar-refractivity contribution in [1.29, 1.82) is 0 Å². The van der Waals surface area contributed by atoms with E-state index in [0.29, 0.717) is 5.69 Å². The quantitative estimate of drug-likeness (QED) is 0.902. The predicted molar refractivity (Wildman–Crippen MR) is 70.4 cm³/mol. The van der Waals surface area contributed by atoms with Gasteiger partial charge >= 0.3 is 5.97 Å². The minimum atomic E-state index is -0.935. The molecule has 1 aliphatic heterocycles. The Morgan fingerprint density at radius 2 is 2.39 bits per heavy atom. The molecule has 2 rings (SSSR count). The van der Waals surface area contributed by atoms with Gasteiger partial charge in [-0.25, -0.2) is 4.98 Å². The Morgan fingerprint density at radius 1 is 1.67 bits per heavy atom. The van der Waals surface area contributed by atoms with E-state index in [1.54, 1.807) is 21.0 Å². The maximum atomic E-state index is 11.2. The molecule has 100 valence electrons. The third kappa shape index (κ3) is 2.35. The number of carboxylic acid groups (broad SMARTS) is 1. The molecule has 1 aliphatic rings. The maximum absolute atomic E-state index is 11.2. The average molecular weight is 270 g/mol. The zero-order valence-corrected chi connectivity index (χ0v) is 11.7. The van der Waals surface area contributed by atoms with Crippen LogP contribution < -0.4 is 4.90 Å². The highest BCUT2D eigenvalue weighted by Gasteiger charge is 2.33. The van der Waals surface area contributed by atoms with Crippen LogP contribution >= 0.6 is 11.3 Å². The normalized spacial score (nSPS) is 20.4. The molecule has 1 fully saturated rings. The van der Waals surface area contributed by atoms with Crippen LogP contribution in [0.15, 0.2) is 5.38 Å². The molecule has 0 amide bonds. The first-order valence-corrected chi connectivity index (χ1v) is 6.80. The summed E-state index contributed by atoms with van der Waals surface area (Å²) in [6, 6.07) is 0. The van der Waals surface area contributed by atoms with Crippen LogP contribution in [0.2, 0.25) is 0 Å². The van der Waals surface area contributed by atoms with Crippen LogP contribution in [-0.2, 0) is 14.9 Å². The van der Waals surface area contributed by atoms with E-state index in [4.69, 9.17) is 4.74 Å². The zero-order valence-electron chi connectivity index (χ0n) is 10.8. The van der Waals surface area contributed by atoms with Gasteiger partial charge in [-0.15, -0.1) is 11.3 Å². The molecule has 0 radical (unpaired) electrons. The second-order valence-corrected chi connectivity index (χ2v) is 5.87. The lowest BCUT2D eigenvalue weighted by atomic mass is 9.90. The molecule has 0 bridgehead atoms. The minimum Gasteiger partial charge on any atom is -0.481 e. The van der Waals surface area contributed by atoms with E-state index in [-0.39, 0.29) is 6.10 Å². The van der Waals surface area contributed by atoms with E-state index >= 15 is 0 Å². The van der Waals surface area contributed by atoms with Crippen LogP contribution in [0.1, 0.15) is 26.0 Å². The Labute approximate surface area is 110 Å². The number of rotatable bonds is 4. The third-order valence-corrected chi connectivity index (χ3v) is 4.32. The second kappa shape index (κ2) is 4.85. The molecule has 1 saturated heterocycles. The largest absolute Gasteiger partial charge is 0.481 e. The summed E-state index contributed by atoms with van der Waals surface area (Å²) in [5, 5.41) is 11.9. The van der Waals surface area contributed by atoms with Crippen LogP contribution in [0.5, 0.6) is 0 Å². The van der Waals surface area contributed by atoms with E-state index in [1.165, 1.54) is 11.3 Å². The number of hydrogen-bond donors (Lipinski definition) is 1. The van der Waals surface area contributed by atoms with Gasteiger partial charge in [0.05, 0.1) is 11.8 Å². The summed E-state index contributed by atoms with van der Waals surface area (Å²) in [4.78, 5) is 17.8. The third-order valence-electron chi connectivity index (χ3n) is 3.42. The monoisotopic (exact) mass is 270 g/mol. The zero-order chi connectivity index (χ0) is 13.3. The first-order valence-electron chi connectivity index (χ1n) is 5.92. The Morgan fingerprint density at radius 3 is 2.94 bits per heavy atom. The number of methoxy groups -OCH3 is 1. The maximum Gasteiger partial charge on any atom is 0.315 e. The molecule has 1 atom stereocenters. The molecule has 6 heteroatoms. The Balaban J connectivity index is 2.14. The second-order valence-electron chi connectivity index (χ2n) is 5.04. The fourth-order valence-corrected chi connectivity index (χ4v) is 2.93. The van der Waals surface area contributed by atoms with Crippen molar-refractivity contribution in [2.75, 3.05) is 25.1 Å². The molecule has 1 aromatic rings. The molecular weight excluding hydrogens is 252 g/mol. The Kier molecular flexibility index (Phi) is 3.59. The number of hydrogen-bond acceptors (Lipinski definition) is 5. The van der Waals surface area contributed by atoms with Crippen molar-refractivity contribution in [3.8, 4) is 0 Å². The van der Waals surface area contributed by atoms with Crippen molar-refractivity contribution in [2.24, 2.45) is 0 Å². The van der Waals surface area contributed by atoms with Gasteiger partial charge in [-0.3, -0.25) is 4.79 Å². The molecule has 1 N–H and O–H groups in total. The fraction of sp³-hybridized carbons (Fsp3) is 0.667. The lowest BCUT2D eigenvalue weighted by molar-refractivity contribution is -0.142. The van der Waals surface area contributed by atoms with Crippen molar-refractivity contribution in [3.63, 3.8) is 0 Å². The summed E-state index contributed by atoms with van der Waals surface area (Å²) < 4.78 is 5.32. The van der Waals surface area contributed by atoms with Crippen LogP contribution in [0.25, 0.3) is 0 Å². The summed E-state index contributed by atoms with van der Waals surface area (Å²) in [5.41, 5.74) is -0.314. The predicted octanol–water partition coefficient (Wildman–Crippen LogP) is 1.73. The summed E-state index contributed by atoms with van der Waals surface area (Å²) in [5.74, 6) is -0.851. The molecule has 0 saturated carbocycles. The number of carboxylic acids is 1. The van der Waals surface area contributed by atoms with Gasteiger partial charge in [0.2, 0.25) is 0 Å². The van der Waals surface area contributed by atoms with Gasteiger partial charge in [-0.2, -0.15) is 0 Å². The smallest absolute Gasteiger partial charge is 0.315 e. The average Bonchev–Trinajstić information content (AvgIpc) is 2.97. The van der Waals surface area contributed by atoms with Crippen LogP contribution in [0.3, 0.4) is 0 Å². The van der Waals surface area contributed by atoms with Crippen molar-refractivity contribution in [2.45, 2.75) is 31.8 Å². The van der Waals surface area contributed by atoms with Gasteiger partial charge < -0.3 is 14.7 Å². The number of aliphatic carboxylic acids is 1. The van der Waals surface area contributed by atoms with E-state index < -0.39 is 11.4 Å². The van der Waals surface area contributed by atoms with Crippen molar-refractivity contribution in [3.05, 3.63) is 11.1 Å². The molecule has 18 heavy (non-hydrogen) atoms. The van der Waals surface area contributed by atoms with Gasteiger partial charge in [0.15, 0.2) is 5.13 Å². The van der Waals surface area contributed by atoms with Gasteiger partial charge in [0.25, 0.3) is 0 Å². The highest BCUT2D eigenvalue weighted by molar-refractivity contribution is 7.13. The van der Waals surface area contributed by atoms with Crippen LogP contribution in [-0.4, -0.2) is 42.4 Å². The molecule has 0 spiro atoms. The summed E-state index contributed by atoms with van der Waals surface area (Å²) in [6.07, 6.45) is 1.25. The van der Waals surface area contributed by atoms with Gasteiger partial charge in [-0.05, 0) is 20.3 Å². The highest BCUT2D eigenvalue weighted by atomic mass is 32.1. The number of anilines is 1. The van der Waals surface area contributed by atoms with E-state index in [2.05, 4.69) is 9.88 Å². The number of nitrogens with zero attached hydrogens (tertiary/aromatic N) is 2. The standard InChI is InChI=1S/C12H18N2O3S/c1-12(2,10(15)16)9-7-18-11(13-9)14-5-4-8(6-14)17-3/h7-8H,4-6H2,1-3H3,(H,15,16). The van der Waals surface area contributed by atoms with Crippen LogP contribution in [0.4, 0.5) is 5.13 Å². The molecule has 5 nitrogen and oxygen atoms in total. The number of carbonyl (C=O) groups is 1. The number of aromatic nitrogens is 1. The van der Waals surface area contributed by atoms with Crippen molar-refractivity contribution in [1.82, 2.24) is 4.98 Å². The van der Waals surface area contributed by atoms with E-state index in [0.717, 1.165) is 24.6 Å². The summed E-state index contributed by atoms with van der Waals surface area (Å²) in [7, 11) is 1.72. The molecule has 2 heterocycles. The molecular formula is C12H18N2O3S. The van der Waals surface area contributed by atoms with E-state index in [9.17, 15) is 9.90 Å². The lowest BCUT2D eigenvalue weighted by Crippen LogP contribution is -2.29. The van der Waals surface area contributed by atoms with Crippen LogP contribution in [0, 0.1) is 0 Å². The van der Waals surface area contributed by atoms with Gasteiger partial charge in [-0.1, -0.05) is 0 Å².